The van der Waals surface area contributed by atoms with Gasteiger partial charge in [-0.15, -0.1) is 0 Å². The van der Waals surface area contributed by atoms with Gasteiger partial charge in [-0.1, -0.05) is 42.0 Å². The number of hydrogen-bond donors (Lipinski definition) is 0. The number of methoxy groups -OCH3 is 1. The second kappa shape index (κ2) is 8.35. The Balaban J connectivity index is 1.40. The summed E-state index contributed by atoms with van der Waals surface area (Å²) < 4.78 is 5.35. The van der Waals surface area contributed by atoms with Crippen LogP contribution in [0.5, 0.6) is 5.75 Å². The lowest BCUT2D eigenvalue weighted by molar-refractivity contribution is -0.123. The Morgan fingerprint density at radius 3 is 2.48 bits per heavy atom. The number of anilines is 1. The SMILES string of the molecule is COc1ccccc1N1C(=O)C[C@H](N2CCN(Cc3cccc(C)c3)CC2)C1=O. The van der Waals surface area contributed by atoms with Crippen molar-refractivity contribution in [3.8, 4) is 5.75 Å². The molecule has 0 N–H and O–H groups in total. The van der Waals surface area contributed by atoms with Crippen molar-refractivity contribution in [2.75, 3.05) is 38.2 Å². The van der Waals surface area contributed by atoms with Gasteiger partial charge in [-0.3, -0.25) is 19.4 Å². The number of ether oxygens (including phenoxy) is 1. The Morgan fingerprint density at radius 2 is 1.76 bits per heavy atom. The number of para-hydroxylation sites is 2. The summed E-state index contributed by atoms with van der Waals surface area (Å²) in [4.78, 5) is 31.6. The Labute approximate surface area is 171 Å². The van der Waals surface area contributed by atoms with Gasteiger partial charge in [-0.2, -0.15) is 0 Å². The van der Waals surface area contributed by atoms with E-state index in [1.54, 1.807) is 19.2 Å². The molecule has 0 spiro atoms. The fourth-order valence-corrected chi connectivity index (χ4v) is 4.27. The Hall–Kier alpha value is -2.70. The third kappa shape index (κ3) is 4.04. The summed E-state index contributed by atoms with van der Waals surface area (Å²) in [7, 11) is 1.55. The van der Waals surface area contributed by atoms with Gasteiger partial charge in [0.15, 0.2) is 0 Å². The van der Waals surface area contributed by atoms with E-state index in [0.717, 1.165) is 32.7 Å². The van der Waals surface area contributed by atoms with Gasteiger partial charge in [-0.25, -0.2) is 4.90 Å². The van der Waals surface area contributed by atoms with Crippen molar-refractivity contribution in [2.24, 2.45) is 0 Å². The first-order valence-corrected chi connectivity index (χ1v) is 10.1. The second-order valence-corrected chi connectivity index (χ2v) is 7.76. The minimum absolute atomic E-state index is 0.147. The summed E-state index contributed by atoms with van der Waals surface area (Å²) >= 11 is 0. The monoisotopic (exact) mass is 393 g/mol. The fourth-order valence-electron chi connectivity index (χ4n) is 4.27. The summed E-state index contributed by atoms with van der Waals surface area (Å²) in [6.45, 7) is 6.38. The number of piperazine rings is 1. The zero-order valence-electron chi connectivity index (χ0n) is 17.0. The number of amides is 2. The van der Waals surface area contributed by atoms with E-state index >= 15 is 0 Å². The topological polar surface area (TPSA) is 53.1 Å². The van der Waals surface area contributed by atoms with E-state index in [1.807, 2.05) is 12.1 Å². The van der Waals surface area contributed by atoms with Crippen LogP contribution in [0.25, 0.3) is 0 Å². The van der Waals surface area contributed by atoms with Gasteiger partial charge < -0.3 is 4.74 Å². The molecular weight excluding hydrogens is 366 g/mol. The zero-order valence-corrected chi connectivity index (χ0v) is 17.0. The number of rotatable bonds is 5. The second-order valence-electron chi connectivity index (χ2n) is 7.76. The molecule has 6 heteroatoms. The summed E-state index contributed by atoms with van der Waals surface area (Å²) in [5.41, 5.74) is 3.12. The first-order valence-electron chi connectivity index (χ1n) is 10.1. The molecule has 2 fully saturated rings. The number of carbonyl (C=O) groups excluding carboxylic acids is 2. The van der Waals surface area contributed by atoms with Crippen LogP contribution in [0.2, 0.25) is 0 Å². The molecule has 2 aromatic rings. The van der Waals surface area contributed by atoms with Gasteiger partial charge in [0.2, 0.25) is 5.91 Å². The molecule has 2 aliphatic heterocycles. The quantitative estimate of drug-likeness (QED) is 0.731. The van der Waals surface area contributed by atoms with Crippen LogP contribution in [-0.2, 0) is 16.1 Å². The van der Waals surface area contributed by atoms with Crippen molar-refractivity contribution in [1.82, 2.24) is 9.80 Å². The Kier molecular flexibility index (Phi) is 5.65. The molecule has 2 aliphatic rings. The lowest BCUT2D eigenvalue weighted by Gasteiger charge is -2.37. The molecule has 1 atom stereocenters. The maximum absolute atomic E-state index is 13.1. The first-order chi connectivity index (χ1) is 14.1. The van der Waals surface area contributed by atoms with Gasteiger partial charge in [0.25, 0.3) is 5.91 Å². The maximum Gasteiger partial charge on any atom is 0.251 e. The van der Waals surface area contributed by atoms with E-state index in [1.165, 1.54) is 16.0 Å². The van der Waals surface area contributed by atoms with Crippen molar-refractivity contribution in [3.63, 3.8) is 0 Å². The number of carbonyl (C=O) groups is 2. The molecule has 2 saturated heterocycles. The lowest BCUT2D eigenvalue weighted by atomic mass is 10.1. The molecule has 2 amide bonds. The van der Waals surface area contributed by atoms with Crippen LogP contribution in [0.4, 0.5) is 5.69 Å². The predicted molar refractivity (Wildman–Crippen MR) is 112 cm³/mol. The van der Waals surface area contributed by atoms with Crippen molar-refractivity contribution in [3.05, 3.63) is 59.7 Å². The highest BCUT2D eigenvalue weighted by atomic mass is 16.5. The Morgan fingerprint density at radius 1 is 1.00 bits per heavy atom. The van der Waals surface area contributed by atoms with E-state index in [2.05, 4.69) is 41.0 Å². The molecule has 0 aliphatic carbocycles. The van der Waals surface area contributed by atoms with E-state index in [4.69, 9.17) is 4.74 Å². The summed E-state index contributed by atoms with van der Waals surface area (Å²) in [6.07, 6.45) is 0.231. The van der Waals surface area contributed by atoms with Crippen LogP contribution < -0.4 is 9.64 Å². The summed E-state index contributed by atoms with van der Waals surface area (Å²) in [6, 6.07) is 15.4. The third-order valence-corrected chi connectivity index (χ3v) is 5.79. The maximum atomic E-state index is 13.1. The number of aryl methyl sites for hydroxylation is 1. The minimum Gasteiger partial charge on any atom is -0.495 e. The largest absolute Gasteiger partial charge is 0.495 e. The minimum atomic E-state index is -0.381. The van der Waals surface area contributed by atoms with Crippen LogP contribution in [0.3, 0.4) is 0 Å². The van der Waals surface area contributed by atoms with Crippen molar-refractivity contribution >= 4 is 17.5 Å². The van der Waals surface area contributed by atoms with Gasteiger partial charge >= 0.3 is 0 Å². The van der Waals surface area contributed by atoms with Gasteiger partial charge in [0, 0.05) is 32.7 Å². The normalized spacial score (nSPS) is 21.0. The number of benzene rings is 2. The molecule has 0 aromatic heterocycles. The van der Waals surface area contributed by atoms with Crippen LogP contribution in [-0.4, -0.2) is 60.9 Å². The molecule has 4 rings (SSSR count). The molecule has 6 nitrogen and oxygen atoms in total. The predicted octanol–water partition coefficient (Wildman–Crippen LogP) is 2.45. The van der Waals surface area contributed by atoms with Gasteiger partial charge in [0.1, 0.15) is 5.75 Å². The fraction of sp³-hybridized carbons (Fsp3) is 0.391. The highest BCUT2D eigenvalue weighted by Gasteiger charge is 2.44. The molecule has 0 radical (unpaired) electrons. The summed E-state index contributed by atoms with van der Waals surface area (Å²) in [5.74, 6) is 0.233. The van der Waals surface area contributed by atoms with Gasteiger partial charge in [0.05, 0.1) is 25.3 Å². The van der Waals surface area contributed by atoms with Crippen LogP contribution >= 0.6 is 0 Å². The first kappa shape index (κ1) is 19.6. The molecule has 2 aromatic carbocycles. The van der Waals surface area contributed by atoms with E-state index in [0.29, 0.717) is 11.4 Å². The molecule has 0 bridgehead atoms. The van der Waals surface area contributed by atoms with E-state index < -0.39 is 0 Å². The molecule has 152 valence electrons. The van der Waals surface area contributed by atoms with Crippen LogP contribution in [0.15, 0.2) is 48.5 Å². The van der Waals surface area contributed by atoms with Crippen molar-refractivity contribution in [2.45, 2.75) is 25.9 Å². The van der Waals surface area contributed by atoms with Crippen LogP contribution in [0, 0.1) is 6.92 Å². The van der Waals surface area contributed by atoms with Gasteiger partial charge in [-0.05, 0) is 24.6 Å². The standard InChI is InChI=1S/C23H27N3O3/c1-17-6-5-7-18(14-17)16-24-10-12-25(13-11-24)20-15-22(27)26(23(20)28)19-8-3-4-9-21(19)29-2/h3-9,14,20H,10-13,15-16H2,1-2H3/t20-/m0/s1. The molecule has 0 saturated carbocycles. The smallest absolute Gasteiger partial charge is 0.251 e. The molecule has 2 heterocycles. The molecule has 29 heavy (non-hydrogen) atoms. The van der Waals surface area contributed by atoms with E-state index in [9.17, 15) is 9.59 Å². The van der Waals surface area contributed by atoms with Crippen molar-refractivity contribution in [1.29, 1.82) is 0 Å². The number of nitrogens with zero attached hydrogens (tertiary/aromatic N) is 3. The average molecular weight is 393 g/mol. The number of hydrogen-bond acceptors (Lipinski definition) is 5. The summed E-state index contributed by atoms with van der Waals surface area (Å²) in [5, 5.41) is 0. The highest BCUT2D eigenvalue weighted by molar-refractivity contribution is 6.23. The zero-order chi connectivity index (χ0) is 20.4. The molecule has 0 unspecified atom stereocenters. The lowest BCUT2D eigenvalue weighted by Crippen LogP contribution is -2.52. The molecular formula is C23H27N3O3. The highest BCUT2D eigenvalue weighted by Crippen LogP contribution is 2.33. The van der Waals surface area contributed by atoms with Crippen molar-refractivity contribution < 1.29 is 14.3 Å². The number of imide groups is 1. The third-order valence-electron chi connectivity index (χ3n) is 5.79. The average Bonchev–Trinajstić information content (AvgIpc) is 3.02. The van der Waals surface area contributed by atoms with E-state index in [-0.39, 0.29) is 24.3 Å². The Bertz CT molecular complexity index is 906. The van der Waals surface area contributed by atoms with Crippen LogP contribution in [0.1, 0.15) is 17.5 Å².